The van der Waals surface area contributed by atoms with Gasteiger partial charge in [-0.05, 0) is 51.4 Å². The van der Waals surface area contributed by atoms with Crippen LogP contribution in [0.4, 0.5) is 0 Å². The van der Waals surface area contributed by atoms with E-state index >= 15 is 0 Å². The lowest BCUT2D eigenvalue weighted by atomic mass is 9.94. The van der Waals surface area contributed by atoms with Gasteiger partial charge in [0, 0.05) is 0 Å². The van der Waals surface area contributed by atoms with Crippen molar-refractivity contribution in [3.63, 3.8) is 0 Å². The Morgan fingerprint density at radius 2 is 1.35 bits per heavy atom. The summed E-state index contributed by atoms with van der Waals surface area (Å²) in [5, 5.41) is 31.6. The molecule has 1 aliphatic heterocycles. The maximum atomic E-state index is 11.6. The third kappa shape index (κ3) is 5.58. The highest BCUT2D eigenvalue weighted by molar-refractivity contribution is 7.86. The van der Waals surface area contributed by atoms with Crippen LogP contribution >= 0.6 is 0 Å². The van der Waals surface area contributed by atoms with E-state index in [-0.39, 0.29) is 37.4 Å². The van der Waals surface area contributed by atoms with Crippen LogP contribution in [0, 0.1) is 0 Å². The molecule has 0 amide bonds. The van der Waals surface area contributed by atoms with Crippen molar-refractivity contribution >= 4 is 31.9 Å². The minimum Gasteiger partial charge on any atom is -0.477 e. The predicted molar refractivity (Wildman–Crippen MR) is 107 cm³/mol. The maximum Gasteiger partial charge on any atom is 0.354 e. The number of carbonyl (C=O) groups is 1. The van der Waals surface area contributed by atoms with E-state index < -0.39 is 55.0 Å². The number of nitrogens with zero attached hydrogens (tertiary/aromatic N) is 4. The molecule has 2 fully saturated rings. The number of azo groups is 1. The summed E-state index contributed by atoms with van der Waals surface area (Å²) in [6.07, 6.45) is 0.623. The third-order valence-corrected chi connectivity index (χ3v) is 8.76. The summed E-state index contributed by atoms with van der Waals surface area (Å²) in [5.74, 6) is -1.37. The maximum absolute atomic E-state index is 11.6. The molecule has 4 N–H and O–H groups in total. The van der Waals surface area contributed by atoms with Gasteiger partial charge in [-0.2, -0.15) is 32.2 Å². The molecule has 31 heavy (non-hydrogen) atoms. The molecule has 15 heteroatoms. The molecule has 0 saturated heterocycles. The van der Waals surface area contributed by atoms with Crippen LogP contribution in [0.2, 0.25) is 0 Å². The molecule has 3 aliphatic rings. The van der Waals surface area contributed by atoms with E-state index in [1.165, 1.54) is 5.01 Å². The summed E-state index contributed by atoms with van der Waals surface area (Å²) in [6, 6.07) is -2.01. The molecule has 2 unspecified atom stereocenters. The van der Waals surface area contributed by atoms with Crippen LogP contribution in [-0.2, 0) is 25.0 Å². The summed E-state index contributed by atoms with van der Waals surface area (Å²) >= 11 is 0. The Morgan fingerprint density at radius 1 is 0.871 bits per heavy atom. The molecule has 0 bridgehead atoms. The number of aliphatic hydroxyl groups is 1. The number of rotatable bonds is 6. The first kappa shape index (κ1) is 24.0. The van der Waals surface area contributed by atoms with Gasteiger partial charge in [0.05, 0.1) is 22.6 Å². The van der Waals surface area contributed by atoms with Crippen LogP contribution in [0.5, 0.6) is 0 Å². The van der Waals surface area contributed by atoms with Crippen molar-refractivity contribution in [2.45, 2.75) is 86.2 Å². The van der Waals surface area contributed by atoms with E-state index in [4.69, 9.17) is 4.55 Å². The topological polar surface area (TPSA) is 207 Å². The quantitative estimate of drug-likeness (QED) is 0.300. The summed E-state index contributed by atoms with van der Waals surface area (Å²) in [4.78, 5) is 11.6. The molecular weight excluding hydrogens is 456 g/mol. The number of aliphatic carboxylic acids is 1. The predicted octanol–water partition coefficient (Wildman–Crippen LogP) is 0.280. The highest BCUT2D eigenvalue weighted by Gasteiger charge is 2.44. The van der Waals surface area contributed by atoms with E-state index in [9.17, 15) is 36.4 Å². The van der Waals surface area contributed by atoms with Crippen LogP contribution < -0.4 is 0 Å². The van der Waals surface area contributed by atoms with Crippen LogP contribution in [0.25, 0.3) is 0 Å². The van der Waals surface area contributed by atoms with Gasteiger partial charge in [0.2, 0.25) is 0 Å². The van der Waals surface area contributed by atoms with Crippen LogP contribution in [-0.4, -0.2) is 87.7 Å². The van der Waals surface area contributed by atoms with E-state index in [2.05, 4.69) is 15.3 Å². The van der Waals surface area contributed by atoms with Gasteiger partial charge in [-0.25, -0.2) is 4.79 Å². The lowest BCUT2D eigenvalue weighted by molar-refractivity contribution is -0.129. The SMILES string of the molecule is O=C(O)C1=NN(C2CCC(S(=O)(=O)O)CC2)C(O)C1N=NC1CCC(S(=O)(=O)O)CC1. The first-order valence-electron chi connectivity index (χ1n) is 9.98. The fraction of sp³-hybridized carbons (Fsp3) is 0.875. The van der Waals surface area contributed by atoms with Gasteiger partial charge in [0.15, 0.2) is 18.0 Å². The Hall–Kier alpha value is -1.68. The fourth-order valence-corrected chi connectivity index (χ4v) is 6.08. The van der Waals surface area contributed by atoms with Gasteiger partial charge in [-0.1, -0.05) is 0 Å². The first-order valence-corrected chi connectivity index (χ1v) is 13.0. The van der Waals surface area contributed by atoms with E-state index in [0.717, 1.165) is 0 Å². The first-order chi connectivity index (χ1) is 14.4. The summed E-state index contributed by atoms with van der Waals surface area (Å²) in [5.41, 5.74) is -0.389. The molecule has 1 heterocycles. The van der Waals surface area contributed by atoms with Crippen molar-refractivity contribution in [3.05, 3.63) is 0 Å². The number of hydrogen-bond acceptors (Lipinski definition) is 10. The van der Waals surface area contributed by atoms with E-state index in [1.54, 1.807) is 0 Å². The molecule has 2 atom stereocenters. The standard InChI is InChI=1S/C16H26N4O9S2/c21-15-13(18-17-9-1-5-11(6-2-9)30(24,25)26)14(16(22)23)19-20(15)10-3-7-12(8-4-10)31(27,28)29/h9-13,15,21H,1-8H2,(H,22,23)(H,24,25,26)(H,27,28,29). The largest absolute Gasteiger partial charge is 0.477 e. The fourth-order valence-electron chi connectivity index (χ4n) is 4.34. The summed E-state index contributed by atoms with van der Waals surface area (Å²) in [7, 11) is -8.26. The van der Waals surface area contributed by atoms with Crippen molar-refractivity contribution < 1.29 is 40.9 Å². The Balaban J connectivity index is 1.65. The van der Waals surface area contributed by atoms with Gasteiger partial charge in [0.1, 0.15) is 0 Å². The second-order valence-corrected chi connectivity index (χ2v) is 11.5. The van der Waals surface area contributed by atoms with Crippen molar-refractivity contribution in [2.24, 2.45) is 15.3 Å². The van der Waals surface area contributed by atoms with Crippen LogP contribution in [0.1, 0.15) is 51.4 Å². The average Bonchev–Trinajstić information content (AvgIpc) is 3.02. The molecule has 2 aliphatic carbocycles. The third-order valence-electron chi connectivity index (χ3n) is 6.13. The van der Waals surface area contributed by atoms with Crippen LogP contribution in [0.3, 0.4) is 0 Å². The smallest absolute Gasteiger partial charge is 0.354 e. The van der Waals surface area contributed by atoms with E-state index in [0.29, 0.717) is 25.7 Å². The van der Waals surface area contributed by atoms with Gasteiger partial charge in [-0.3, -0.25) is 14.1 Å². The highest BCUT2D eigenvalue weighted by Crippen LogP contribution is 2.32. The lowest BCUT2D eigenvalue weighted by Gasteiger charge is -2.34. The number of hydrazone groups is 1. The summed E-state index contributed by atoms with van der Waals surface area (Å²) < 4.78 is 63.3. The molecular formula is C16H26N4O9S2. The number of hydrogen-bond donors (Lipinski definition) is 4. The zero-order valence-corrected chi connectivity index (χ0v) is 18.2. The number of carboxylic acid groups (broad SMARTS) is 1. The average molecular weight is 483 g/mol. The van der Waals surface area contributed by atoms with Crippen molar-refractivity contribution in [3.8, 4) is 0 Å². The zero-order valence-electron chi connectivity index (χ0n) is 16.6. The van der Waals surface area contributed by atoms with Gasteiger partial charge >= 0.3 is 5.97 Å². The molecule has 0 radical (unpaired) electrons. The Morgan fingerprint density at radius 3 is 1.81 bits per heavy atom. The Labute approximate surface area is 179 Å². The minimum absolute atomic E-state index is 0.161. The molecule has 0 aromatic rings. The van der Waals surface area contributed by atoms with E-state index in [1.807, 2.05) is 0 Å². The number of carboxylic acids is 1. The molecule has 0 aromatic carbocycles. The lowest BCUT2D eigenvalue weighted by Crippen LogP contribution is -2.45. The molecule has 176 valence electrons. The van der Waals surface area contributed by atoms with Gasteiger partial charge < -0.3 is 10.2 Å². The van der Waals surface area contributed by atoms with Crippen molar-refractivity contribution in [1.82, 2.24) is 5.01 Å². The molecule has 0 spiro atoms. The Kier molecular flexibility index (Phi) is 7.00. The monoisotopic (exact) mass is 482 g/mol. The minimum atomic E-state index is -4.15. The van der Waals surface area contributed by atoms with Gasteiger partial charge in [0.25, 0.3) is 20.2 Å². The molecule has 3 rings (SSSR count). The molecule has 13 nitrogen and oxygen atoms in total. The molecule has 2 saturated carbocycles. The molecule has 0 aromatic heterocycles. The zero-order chi connectivity index (χ0) is 23.0. The second kappa shape index (κ2) is 9.05. The normalized spacial score (nSPS) is 35.3. The highest BCUT2D eigenvalue weighted by atomic mass is 32.2. The van der Waals surface area contributed by atoms with Crippen molar-refractivity contribution in [2.75, 3.05) is 0 Å². The van der Waals surface area contributed by atoms with Gasteiger partial charge in [-0.15, -0.1) is 0 Å². The Bertz CT molecular complexity index is 950. The summed E-state index contributed by atoms with van der Waals surface area (Å²) in [6.45, 7) is 0. The van der Waals surface area contributed by atoms with Crippen LogP contribution in [0.15, 0.2) is 15.3 Å². The second-order valence-electron chi connectivity index (χ2n) is 8.15. The van der Waals surface area contributed by atoms with Crippen molar-refractivity contribution in [1.29, 1.82) is 0 Å². The number of aliphatic hydroxyl groups excluding tert-OH is 1.